The largest absolute Gasteiger partial charge is 0.409 e. The molecule has 0 aromatic rings. The third-order valence-electron chi connectivity index (χ3n) is 3.72. The Morgan fingerprint density at radius 3 is 2.82 bits per heavy atom. The van der Waals surface area contributed by atoms with E-state index in [-0.39, 0.29) is 11.4 Å². The molecule has 17 heavy (non-hydrogen) atoms. The Morgan fingerprint density at radius 1 is 1.53 bits per heavy atom. The fourth-order valence-electron chi connectivity index (χ4n) is 2.40. The van der Waals surface area contributed by atoms with Gasteiger partial charge in [-0.05, 0) is 25.7 Å². The number of hydrogen-bond donors (Lipinski definition) is 3. The third kappa shape index (κ3) is 4.16. The van der Waals surface area contributed by atoms with Crippen molar-refractivity contribution in [1.29, 1.82) is 0 Å². The van der Waals surface area contributed by atoms with Gasteiger partial charge in [0, 0.05) is 25.6 Å². The van der Waals surface area contributed by atoms with Gasteiger partial charge in [-0.15, -0.1) is 0 Å². The molecular weight excluding hydrogens is 218 g/mol. The predicted molar refractivity (Wildman–Crippen MR) is 68.3 cm³/mol. The molecule has 4 N–H and O–H groups in total. The molecule has 5 heteroatoms. The summed E-state index contributed by atoms with van der Waals surface area (Å²) in [4.78, 5) is 0. The minimum atomic E-state index is 0.0481. The van der Waals surface area contributed by atoms with Crippen LogP contribution >= 0.6 is 0 Å². The van der Waals surface area contributed by atoms with Gasteiger partial charge in [0.15, 0.2) is 0 Å². The molecule has 5 nitrogen and oxygen atoms in total. The first-order chi connectivity index (χ1) is 8.15. The lowest BCUT2D eigenvalue weighted by Crippen LogP contribution is -2.47. The second-order valence-electron chi connectivity index (χ2n) is 4.72. The van der Waals surface area contributed by atoms with E-state index in [4.69, 9.17) is 15.7 Å². The lowest BCUT2D eigenvalue weighted by atomic mass is 9.86. The number of nitrogens with one attached hydrogen (secondary N) is 1. The summed E-state index contributed by atoms with van der Waals surface area (Å²) in [5.74, 6) is 0.279. The molecule has 100 valence electrons. The highest BCUT2D eigenvalue weighted by atomic mass is 16.5. The third-order valence-corrected chi connectivity index (χ3v) is 3.72. The molecule has 1 aliphatic heterocycles. The van der Waals surface area contributed by atoms with Gasteiger partial charge in [-0.25, -0.2) is 0 Å². The average Bonchev–Trinajstić information content (AvgIpc) is 2.38. The molecule has 1 atom stereocenters. The number of amidine groups is 1. The maximum Gasteiger partial charge on any atom is 0.140 e. The van der Waals surface area contributed by atoms with Crippen molar-refractivity contribution in [2.75, 3.05) is 13.2 Å². The zero-order valence-corrected chi connectivity index (χ0v) is 10.9. The van der Waals surface area contributed by atoms with Gasteiger partial charge >= 0.3 is 0 Å². The number of oxime groups is 1. The highest BCUT2D eigenvalue weighted by Gasteiger charge is 2.34. The Morgan fingerprint density at radius 2 is 2.24 bits per heavy atom. The van der Waals surface area contributed by atoms with Crippen LogP contribution in [0.4, 0.5) is 0 Å². The van der Waals surface area contributed by atoms with Crippen molar-refractivity contribution < 1.29 is 9.94 Å². The predicted octanol–water partition coefficient (Wildman–Crippen LogP) is 1.45. The first-order valence-electron chi connectivity index (χ1n) is 6.49. The number of rotatable bonds is 6. The molecule has 1 unspecified atom stereocenters. The van der Waals surface area contributed by atoms with Crippen LogP contribution in [0.25, 0.3) is 0 Å². The van der Waals surface area contributed by atoms with Crippen molar-refractivity contribution in [3.63, 3.8) is 0 Å². The highest BCUT2D eigenvalue weighted by molar-refractivity contribution is 5.79. The number of nitrogens with zero attached hydrogens (tertiary/aromatic N) is 1. The standard InChI is InChI=1S/C12H25N3O2/c1-3-12(4-2)9-10(6-8-17-12)14-7-5-11(13)15-16/h10,14,16H,3-9H2,1-2H3,(H2,13,15). The van der Waals surface area contributed by atoms with Gasteiger partial charge in [0.2, 0.25) is 0 Å². The van der Waals surface area contributed by atoms with Crippen LogP contribution in [-0.4, -0.2) is 35.8 Å². The molecule has 1 aliphatic rings. The highest BCUT2D eigenvalue weighted by Crippen LogP contribution is 2.31. The minimum absolute atomic E-state index is 0.0481. The number of hydrogen-bond acceptors (Lipinski definition) is 4. The molecular formula is C12H25N3O2. The average molecular weight is 243 g/mol. The molecule has 0 saturated carbocycles. The zero-order chi connectivity index (χ0) is 12.7. The fraction of sp³-hybridized carbons (Fsp3) is 0.917. The van der Waals surface area contributed by atoms with E-state index in [0.717, 1.165) is 38.8 Å². The van der Waals surface area contributed by atoms with Crippen LogP contribution in [0.3, 0.4) is 0 Å². The molecule has 0 spiro atoms. The van der Waals surface area contributed by atoms with Crippen LogP contribution in [0.1, 0.15) is 46.0 Å². The van der Waals surface area contributed by atoms with E-state index in [1.807, 2.05) is 0 Å². The Bertz CT molecular complexity index is 252. The van der Waals surface area contributed by atoms with Crippen molar-refractivity contribution in [1.82, 2.24) is 5.32 Å². The molecule has 0 aromatic heterocycles. The molecule has 1 heterocycles. The second-order valence-corrected chi connectivity index (χ2v) is 4.72. The van der Waals surface area contributed by atoms with Gasteiger partial charge in [-0.3, -0.25) is 0 Å². The van der Waals surface area contributed by atoms with E-state index in [1.165, 1.54) is 0 Å². The Kier molecular flexibility index (Phi) is 5.71. The lowest BCUT2D eigenvalue weighted by Gasteiger charge is -2.40. The fourth-order valence-corrected chi connectivity index (χ4v) is 2.40. The second kappa shape index (κ2) is 6.81. The van der Waals surface area contributed by atoms with Gasteiger partial charge in [0.1, 0.15) is 5.84 Å². The van der Waals surface area contributed by atoms with E-state index in [2.05, 4.69) is 24.3 Å². The van der Waals surface area contributed by atoms with Gasteiger partial charge in [0.05, 0.1) is 5.60 Å². The Balaban J connectivity index is 2.34. The van der Waals surface area contributed by atoms with Crippen molar-refractivity contribution in [2.24, 2.45) is 10.9 Å². The van der Waals surface area contributed by atoms with E-state index in [0.29, 0.717) is 12.5 Å². The normalized spacial score (nSPS) is 24.8. The summed E-state index contributed by atoms with van der Waals surface area (Å²) in [6.07, 6.45) is 4.79. The molecule has 1 fully saturated rings. The number of ether oxygens (including phenoxy) is 1. The molecule has 0 amide bonds. The SMILES string of the molecule is CCC1(CC)CC(NCCC(N)=NO)CCO1. The van der Waals surface area contributed by atoms with Crippen LogP contribution in [0.2, 0.25) is 0 Å². The summed E-state index contributed by atoms with van der Waals surface area (Å²) in [5.41, 5.74) is 5.48. The van der Waals surface area contributed by atoms with E-state index >= 15 is 0 Å². The monoisotopic (exact) mass is 243 g/mol. The van der Waals surface area contributed by atoms with Crippen LogP contribution in [0, 0.1) is 0 Å². The first-order valence-corrected chi connectivity index (χ1v) is 6.49. The minimum Gasteiger partial charge on any atom is -0.409 e. The van der Waals surface area contributed by atoms with Gasteiger partial charge in [-0.1, -0.05) is 19.0 Å². The molecule has 0 aromatic carbocycles. The summed E-state index contributed by atoms with van der Waals surface area (Å²) in [6.45, 7) is 5.94. The van der Waals surface area contributed by atoms with Crippen molar-refractivity contribution >= 4 is 5.84 Å². The molecule has 1 saturated heterocycles. The van der Waals surface area contributed by atoms with Gasteiger partial charge in [0.25, 0.3) is 0 Å². The van der Waals surface area contributed by atoms with Gasteiger partial charge in [-0.2, -0.15) is 0 Å². The van der Waals surface area contributed by atoms with Crippen LogP contribution < -0.4 is 11.1 Å². The maximum absolute atomic E-state index is 8.45. The van der Waals surface area contributed by atoms with Crippen LogP contribution in [0.5, 0.6) is 0 Å². The maximum atomic E-state index is 8.45. The Labute approximate surface area is 103 Å². The van der Waals surface area contributed by atoms with Crippen LogP contribution in [0.15, 0.2) is 5.16 Å². The summed E-state index contributed by atoms with van der Waals surface area (Å²) in [7, 11) is 0. The molecule has 0 radical (unpaired) electrons. The number of nitrogens with two attached hydrogens (primary N) is 1. The van der Waals surface area contributed by atoms with Crippen molar-refractivity contribution in [3.8, 4) is 0 Å². The summed E-state index contributed by atoms with van der Waals surface area (Å²) in [6, 6.07) is 0.482. The Hall–Kier alpha value is -0.810. The van der Waals surface area contributed by atoms with Crippen LogP contribution in [-0.2, 0) is 4.74 Å². The zero-order valence-electron chi connectivity index (χ0n) is 10.9. The summed E-state index contributed by atoms with van der Waals surface area (Å²) in [5, 5.41) is 14.9. The van der Waals surface area contributed by atoms with Gasteiger partial charge < -0.3 is 21.0 Å². The molecule has 1 rings (SSSR count). The first kappa shape index (κ1) is 14.3. The van der Waals surface area contributed by atoms with E-state index in [1.54, 1.807) is 0 Å². The van der Waals surface area contributed by atoms with E-state index in [9.17, 15) is 0 Å². The van der Waals surface area contributed by atoms with Crippen molar-refractivity contribution in [3.05, 3.63) is 0 Å². The molecule has 0 aliphatic carbocycles. The van der Waals surface area contributed by atoms with E-state index < -0.39 is 0 Å². The quantitative estimate of drug-likeness (QED) is 0.285. The smallest absolute Gasteiger partial charge is 0.140 e. The topological polar surface area (TPSA) is 79.9 Å². The summed E-state index contributed by atoms with van der Waals surface area (Å²) < 4.78 is 5.91. The summed E-state index contributed by atoms with van der Waals surface area (Å²) >= 11 is 0. The molecule has 0 bridgehead atoms. The lowest BCUT2D eigenvalue weighted by molar-refractivity contribution is -0.0928. The van der Waals surface area contributed by atoms with Crippen molar-refractivity contribution in [2.45, 2.75) is 57.6 Å².